The number of nitrogens with one attached hydrogen (secondary N) is 2. The lowest BCUT2D eigenvalue weighted by molar-refractivity contribution is -0.192. The number of carbonyl (C=O) groups is 2. The van der Waals surface area contributed by atoms with E-state index in [-0.39, 0.29) is 5.56 Å². The number of carboxylic acids is 1. The van der Waals surface area contributed by atoms with Gasteiger partial charge in [0.05, 0.1) is 10.6 Å². The second kappa shape index (κ2) is 22.7. The summed E-state index contributed by atoms with van der Waals surface area (Å²) < 4.78 is 128. The molecule has 0 radical (unpaired) electrons. The first-order chi connectivity index (χ1) is 31.4. The van der Waals surface area contributed by atoms with Crippen molar-refractivity contribution in [1.29, 1.82) is 0 Å². The molecule has 5 aromatic rings. The molecule has 5 aromatic carbocycles. The molecule has 1 aliphatic rings. The van der Waals surface area contributed by atoms with E-state index in [4.69, 9.17) is 21.5 Å². The summed E-state index contributed by atoms with van der Waals surface area (Å²) in [6, 6.07) is 33.5. The predicted octanol–water partition coefficient (Wildman–Crippen LogP) is 8.90. The number of alkyl halides is 6. The SMILES string of the molecule is CN(C)CC[C@H](CSc1ccccc1)Nc1ccc(S(=O)(=O)NC(=O)c2ccc(N3CCN(Cc4ccccc4-c4ccc(Cl)cc4)CC3)cc2)cc1S(=O)(=O)C(F)(F)F.O=C(O)C(F)(F)F. The van der Waals surface area contributed by atoms with Gasteiger partial charge in [-0.05, 0) is 110 Å². The number of nitrogens with zero attached hydrogens (tertiary/aromatic N) is 3. The van der Waals surface area contributed by atoms with Crippen molar-refractivity contribution in [1.82, 2.24) is 14.5 Å². The van der Waals surface area contributed by atoms with Gasteiger partial charge in [-0.3, -0.25) is 9.69 Å². The molecule has 0 saturated carbocycles. The van der Waals surface area contributed by atoms with Gasteiger partial charge in [0.1, 0.15) is 4.90 Å². The zero-order valence-electron chi connectivity index (χ0n) is 35.9. The Morgan fingerprint density at radius 1 is 0.806 bits per heavy atom. The number of anilines is 2. The fourth-order valence-corrected chi connectivity index (χ4v) is 9.86. The Hall–Kier alpha value is -5.32. The van der Waals surface area contributed by atoms with Crippen LogP contribution >= 0.6 is 23.4 Å². The Bertz CT molecular complexity index is 2690. The van der Waals surface area contributed by atoms with Crippen LogP contribution in [0.15, 0.2) is 136 Å². The van der Waals surface area contributed by atoms with Crippen LogP contribution in [0.25, 0.3) is 11.1 Å². The average Bonchev–Trinajstić information content (AvgIpc) is 3.28. The highest BCUT2D eigenvalue weighted by Gasteiger charge is 2.48. The summed E-state index contributed by atoms with van der Waals surface area (Å²) in [5.74, 6) is -3.42. The van der Waals surface area contributed by atoms with E-state index in [0.29, 0.717) is 42.9 Å². The Labute approximate surface area is 393 Å². The first-order valence-corrected chi connectivity index (χ1v) is 24.6. The van der Waals surface area contributed by atoms with E-state index >= 15 is 0 Å². The van der Waals surface area contributed by atoms with Crippen molar-refractivity contribution in [2.24, 2.45) is 0 Å². The molecule has 0 aliphatic carbocycles. The van der Waals surface area contributed by atoms with Crippen LogP contribution in [0, 0.1) is 0 Å². The molecule has 1 fully saturated rings. The van der Waals surface area contributed by atoms with Crippen LogP contribution in [0.4, 0.5) is 37.7 Å². The summed E-state index contributed by atoms with van der Waals surface area (Å²) in [5.41, 5.74) is -1.90. The van der Waals surface area contributed by atoms with Gasteiger partial charge in [-0.1, -0.05) is 66.2 Å². The molecule has 67 heavy (non-hydrogen) atoms. The fourth-order valence-electron chi connectivity index (χ4n) is 6.72. The van der Waals surface area contributed by atoms with Gasteiger partial charge in [0.2, 0.25) is 0 Å². The average molecular weight is 1010 g/mol. The van der Waals surface area contributed by atoms with Gasteiger partial charge < -0.3 is 20.2 Å². The zero-order chi connectivity index (χ0) is 49.2. The van der Waals surface area contributed by atoms with Crippen LogP contribution in [0.5, 0.6) is 0 Å². The number of sulfonamides is 1. The second-order valence-electron chi connectivity index (χ2n) is 15.4. The maximum Gasteiger partial charge on any atom is 0.501 e. The molecule has 3 N–H and O–H groups in total. The van der Waals surface area contributed by atoms with Gasteiger partial charge in [-0.15, -0.1) is 11.8 Å². The lowest BCUT2D eigenvalue weighted by atomic mass is 9.99. The summed E-state index contributed by atoms with van der Waals surface area (Å²) in [6.07, 6.45) is -4.65. The fraction of sp³-hybridized carbons (Fsp3) is 0.289. The third-order valence-corrected chi connectivity index (χ3v) is 14.5. The third-order valence-electron chi connectivity index (χ3n) is 10.2. The van der Waals surface area contributed by atoms with Gasteiger partial charge in [0.15, 0.2) is 0 Å². The highest BCUT2D eigenvalue weighted by molar-refractivity contribution is 7.99. The molecule has 1 saturated heterocycles. The van der Waals surface area contributed by atoms with E-state index in [0.717, 1.165) is 53.5 Å². The molecular formula is C45H46ClF6N5O7S3. The molecule has 6 rings (SSSR count). The van der Waals surface area contributed by atoms with Gasteiger partial charge in [-0.25, -0.2) is 26.4 Å². The number of halogens is 7. The molecule has 12 nitrogen and oxygen atoms in total. The Morgan fingerprint density at radius 3 is 1.99 bits per heavy atom. The normalized spacial score (nSPS) is 14.2. The van der Waals surface area contributed by atoms with Gasteiger partial charge in [-0.2, -0.15) is 26.3 Å². The van der Waals surface area contributed by atoms with E-state index in [1.165, 1.54) is 29.5 Å². The summed E-state index contributed by atoms with van der Waals surface area (Å²) in [4.78, 5) is 27.3. The van der Waals surface area contributed by atoms with Gasteiger partial charge in [0, 0.05) is 65.7 Å². The number of benzene rings is 5. The summed E-state index contributed by atoms with van der Waals surface area (Å²) >= 11 is 7.54. The smallest absolute Gasteiger partial charge is 0.475 e. The van der Waals surface area contributed by atoms with Crippen molar-refractivity contribution in [2.75, 3.05) is 62.8 Å². The van der Waals surface area contributed by atoms with Crippen LogP contribution in [0.1, 0.15) is 22.3 Å². The molecule has 0 aromatic heterocycles. The molecule has 0 unspecified atom stereocenters. The molecule has 0 bridgehead atoms. The Morgan fingerprint density at radius 2 is 1.40 bits per heavy atom. The number of carbonyl (C=O) groups excluding carboxylic acids is 1. The minimum Gasteiger partial charge on any atom is -0.475 e. The molecule has 360 valence electrons. The standard InChI is InChI=1S/C43H45ClF3N5O5S3.C2HF3O2/c1-50(2)23-22-35(30-58-37-9-4-3-5-10-37)48-40-21-20-38(28-41(40)59(54,55)43(45,46)47)60(56,57)49-42(53)32-14-18-36(19-15-32)52-26-24-51(25-27-52)29-33-8-6-7-11-39(33)31-12-16-34(44)17-13-31;3-2(4,5)1(6)7/h3-21,28,35,48H,22-27,29-30H2,1-2H3,(H,49,53);(H,6,7)/t35-;/m1./s1. The van der Waals surface area contributed by atoms with Gasteiger partial charge >= 0.3 is 17.7 Å². The number of rotatable bonds is 16. The first-order valence-electron chi connectivity index (χ1n) is 20.3. The number of sulfone groups is 1. The highest BCUT2D eigenvalue weighted by Crippen LogP contribution is 2.37. The lowest BCUT2D eigenvalue weighted by Crippen LogP contribution is -2.46. The minimum atomic E-state index is -6.03. The Balaban J connectivity index is 0.00000111. The number of amides is 1. The molecule has 0 spiro atoms. The Kier molecular flexibility index (Phi) is 17.8. The summed E-state index contributed by atoms with van der Waals surface area (Å²) in [5, 5.41) is 10.7. The molecule has 1 amide bonds. The molecule has 1 aliphatic heterocycles. The van der Waals surface area contributed by atoms with Crippen molar-refractivity contribution in [2.45, 2.75) is 45.4 Å². The van der Waals surface area contributed by atoms with Crippen molar-refractivity contribution < 1.29 is 57.9 Å². The van der Waals surface area contributed by atoms with Crippen molar-refractivity contribution in [3.05, 3.63) is 137 Å². The molecular weight excluding hydrogens is 968 g/mol. The van der Waals surface area contributed by atoms with Crippen molar-refractivity contribution >= 4 is 66.5 Å². The number of hydrogen-bond donors (Lipinski definition) is 3. The minimum absolute atomic E-state index is 0.0131. The number of thioether (sulfide) groups is 1. The monoisotopic (exact) mass is 1010 g/mol. The summed E-state index contributed by atoms with van der Waals surface area (Å²) in [7, 11) is -7.20. The first kappa shape index (κ1) is 52.6. The number of carboxylic acid groups (broad SMARTS) is 1. The highest BCUT2D eigenvalue weighted by atomic mass is 35.5. The zero-order valence-corrected chi connectivity index (χ0v) is 39.1. The lowest BCUT2D eigenvalue weighted by Gasteiger charge is -2.36. The van der Waals surface area contributed by atoms with Crippen LogP contribution in [-0.4, -0.2) is 114 Å². The number of piperazine rings is 1. The third kappa shape index (κ3) is 14.8. The van der Waals surface area contributed by atoms with Crippen LogP contribution in [0.2, 0.25) is 5.02 Å². The van der Waals surface area contributed by atoms with E-state index in [1.54, 1.807) is 12.1 Å². The van der Waals surface area contributed by atoms with Crippen LogP contribution in [0.3, 0.4) is 0 Å². The number of aliphatic carboxylic acids is 1. The molecule has 1 atom stereocenters. The molecule has 22 heteroatoms. The number of hydrogen-bond acceptors (Lipinski definition) is 11. The van der Waals surface area contributed by atoms with Crippen molar-refractivity contribution in [3.63, 3.8) is 0 Å². The van der Waals surface area contributed by atoms with E-state index in [2.05, 4.69) is 27.2 Å². The maximum absolute atomic E-state index is 14.0. The molecule has 1 heterocycles. The predicted molar refractivity (Wildman–Crippen MR) is 247 cm³/mol. The van der Waals surface area contributed by atoms with Crippen LogP contribution in [-0.2, 0) is 31.2 Å². The van der Waals surface area contributed by atoms with E-state index in [1.807, 2.05) is 90.4 Å². The quantitative estimate of drug-likeness (QED) is 0.0639. The van der Waals surface area contributed by atoms with E-state index in [9.17, 15) is 48.0 Å². The summed E-state index contributed by atoms with van der Waals surface area (Å²) in [6.45, 7) is 4.26. The van der Waals surface area contributed by atoms with Crippen molar-refractivity contribution in [3.8, 4) is 11.1 Å². The largest absolute Gasteiger partial charge is 0.501 e. The maximum atomic E-state index is 14.0. The van der Waals surface area contributed by atoms with Gasteiger partial charge in [0.25, 0.3) is 25.8 Å². The topological polar surface area (TPSA) is 156 Å². The van der Waals surface area contributed by atoms with E-state index < -0.39 is 64.9 Å². The van der Waals surface area contributed by atoms with Crippen LogP contribution < -0.4 is 14.9 Å². The second-order valence-corrected chi connectivity index (χ2v) is 20.5.